The molecule has 1 aromatic heterocycles. The van der Waals surface area contributed by atoms with Crippen LogP contribution < -0.4 is 20.9 Å². The zero-order chi connectivity index (χ0) is 19.4. The molecule has 2 aromatic rings. The third-order valence-corrected chi connectivity index (χ3v) is 5.13. The van der Waals surface area contributed by atoms with Gasteiger partial charge in [-0.25, -0.2) is 4.98 Å². The second kappa shape index (κ2) is 8.26. The average Bonchev–Trinajstić information content (AvgIpc) is 2.66. The van der Waals surface area contributed by atoms with Crippen LogP contribution >= 0.6 is 11.8 Å². The van der Waals surface area contributed by atoms with E-state index in [1.54, 1.807) is 31.4 Å². The standard InChI is InChI=1S/C18H20N4O4S/c1-3-8-27-18-21-15-14(17(25)22-18)12(9-13(23)20-15)16(24)19-10-4-6-11(26-2)7-5-10/h4-7,12H,3,8-9H2,1-2H3,(H,19,24)(H2,20,21,22,23,25). The summed E-state index contributed by atoms with van der Waals surface area (Å²) in [6, 6.07) is 6.80. The summed E-state index contributed by atoms with van der Waals surface area (Å²) in [5.74, 6) is -0.0785. The third kappa shape index (κ3) is 4.30. The molecule has 8 nitrogen and oxygen atoms in total. The Morgan fingerprint density at radius 2 is 2.07 bits per heavy atom. The summed E-state index contributed by atoms with van der Waals surface area (Å²) in [6.45, 7) is 2.02. The Morgan fingerprint density at radius 1 is 1.33 bits per heavy atom. The Balaban J connectivity index is 1.87. The molecule has 1 unspecified atom stereocenters. The minimum absolute atomic E-state index is 0.110. The van der Waals surface area contributed by atoms with Gasteiger partial charge in [0.2, 0.25) is 11.8 Å². The first-order valence-electron chi connectivity index (χ1n) is 8.53. The summed E-state index contributed by atoms with van der Waals surface area (Å²) in [5, 5.41) is 5.77. The maximum Gasteiger partial charge on any atom is 0.257 e. The lowest BCUT2D eigenvalue weighted by molar-refractivity contribution is -0.123. The number of fused-ring (bicyclic) bond motifs is 1. The fourth-order valence-electron chi connectivity index (χ4n) is 2.75. The first-order chi connectivity index (χ1) is 13.0. The number of aromatic nitrogens is 2. The lowest BCUT2D eigenvalue weighted by Crippen LogP contribution is -2.36. The van der Waals surface area contributed by atoms with Gasteiger partial charge in [-0.3, -0.25) is 14.4 Å². The van der Waals surface area contributed by atoms with Crippen molar-refractivity contribution in [1.82, 2.24) is 9.97 Å². The van der Waals surface area contributed by atoms with Crippen molar-refractivity contribution in [2.75, 3.05) is 23.5 Å². The first-order valence-corrected chi connectivity index (χ1v) is 9.52. The smallest absolute Gasteiger partial charge is 0.257 e. The van der Waals surface area contributed by atoms with E-state index in [4.69, 9.17) is 4.74 Å². The maximum atomic E-state index is 12.7. The number of ether oxygens (including phenoxy) is 1. The first kappa shape index (κ1) is 19.0. The number of hydrogen-bond acceptors (Lipinski definition) is 6. The van der Waals surface area contributed by atoms with Crippen molar-refractivity contribution in [3.63, 3.8) is 0 Å². The van der Waals surface area contributed by atoms with Crippen LogP contribution in [-0.4, -0.2) is 34.6 Å². The summed E-state index contributed by atoms with van der Waals surface area (Å²) in [4.78, 5) is 44.3. The van der Waals surface area contributed by atoms with Crippen molar-refractivity contribution in [3.05, 3.63) is 40.2 Å². The topological polar surface area (TPSA) is 113 Å². The van der Waals surface area contributed by atoms with E-state index in [1.807, 2.05) is 6.92 Å². The molecule has 3 N–H and O–H groups in total. The van der Waals surface area contributed by atoms with E-state index in [1.165, 1.54) is 11.8 Å². The molecule has 0 saturated carbocycles. The van der Waals surface area contributed by atoms with Crippen LogP contribution in [0.25, 0.3) is 0 Å². The molecule has 1 atom stereocenters. The Kier molecular flexibility index (Phi) is 5.80. The van der Waals surface area contributed by atoms with Crippen molar-refractivity contribution in [2.45, 2.75) is 30.8 Å². The second-order valence-electron chi connectivity index (χ2n) is 6.00. The lowest BCUT2D eigenvalue weighted by atomic mass is 9.92. The number of nitrogens with one attached hydrogen (secondary N) is 3. The Bertz CT molecular complexity index is 911. The van der Waals surface area contributed by atoms with Crippen molar-refractivity contribution in [2.24, 2.45) is 0 Å². The van der Waals surface area contributed by atoms with Crippen LogP contribution in [0.4, 0.5) is 11.5 Å². The number of anilines is 2. The van der Waals surface area contributed by atoms with Crippen molar-refractivity contribution in [1.29, 1.82) is 0 Å². The molecular weight excluding hydrogens is 368 g/mol. The van der Waals surface area contributed by atoms with E-state index in [2.05, 4.69) is 20.6 Å². The van der Waals surface area contributed by atoms with Gasteiger partial charge < -0.3 is 20.4 Å². The number of H-pyrrole nitrogens is 1. The van der Waals surface area contributed by atoms with Gasteiger partial charge in [-0.05, 0) is 30.7 Å². The van der Waals surface area contributed by atoms with E-state index in [0.29, 0.717) is 16.6 Å². The highest BCUT2D eigenvalue weighted by Crippen LogP contribution is 2.30. The van der Waals surface area contributed by atoms with Crippen LogP contribution in [0, 0.1) is 0 Å². The number of nitrogens with zero attached hydrogens (tertiary/aromatic N) is 1. The molecule has 2 amide bonds. The summed E-state index contributed by atoms with van der Waals surface area (Å²) >= 11 is 1.39. The molecule has 1 aliphatic heterocycles. The Morgan fingerprint density at radius 3 is 2.74 bits per heavy atom. The molecule has 9 heteroatoms. The van der Waals surface area contributed by atoms with E-state index >= 15 is 0 Å². The van der Waals surface area contributed by atoms with Crippen LogP contribution in [0.3, 0.4) is 0 Å². The summed E-state index contributed by atoms with van der Waals surface area (Å²) in [6.07, 6.45) is 0.811. The molecule has 0 radical (unpaired) electrons. The molecule has 1 aromatic carbocycles. The minimum Gasteiger partial charge on any atom is -0.497 e. The van der Waals surface area contributed by atoms with E-state index < -0.39 is 17.4 Å². The largest absolute Gasteiger partial charge is 0.497 e. The van der Waals surface area contributed by atoms with Gasteiger partial charge in [0.25, 0.3) is 5.56 Å². The molecule has 27 heavy (non-hydrogen) atoms. The normalized spacial score (nSPS) is 15.6. The number of thioether (sulfide) groups is 1. The molecule has 142 valence electrons. The Hall–Kier alpha value is -2.81. The van der Waals surface area contributed by atoms with E-state index in [9.17, 15) is 14.4 Å². The van der Waals surface area contributed by atoms with Gasteiger partial charge in [0.05, 0.1) is 18.6 Å². The number of carbonyl (C=O) groups is 2. The molecular formula is C18H20N4O4S. The van der Waals surface area contributed by atoms with Crippen LogP contribution in [0.1, 0.15) is 31.2 Å². The number of benzene rings is 1. The number of rotatable bonds is 6. The third-order valence-electron chi connectivity index (χ3n) is 4.05. The molecule has 3 rings (SSSR count). The quantitative estimate of drug-likeness (QED) is 0.517. The molecule has 1 aliphatic rings. The number of carbonyl (C=O) groups excluding carboxylic acids is 2. The van der Waals surface area contributed by atoms with Crippen LogP contribution in [0.5, 0.6) is 5.75 Å². The average molecular weight is 388 g/mol. The highest BCUT2D eigenvalue weighted by atomic mass is 32.2. The highest BCUT2D eigenvalue weighted by Gasteiger charge is 2.34. The molecule has 0 spiro atoms. The monoisotopic (exact) mass is 388 g/mol. The van der Waals surface area contributed by atoms with Crippen LogP contribution in [0.15, 0.2) is 34.2 Å². The molecule has 0 aliphatic carbocycles. The summed E-state index contributed by atoms with van der Waals surface area (Å²) in [7, 11) is 1.55. The van der Waals surface area contributed by atoms with E-state index in [-0.39, 0.29) is 23.7 Å². The molecule has 0 bridgehead atoms. The van der Waals surface area contributed by atoms with Gasteiger partial charge in [-0.15, -0.1) is 0 Å². The van der Waals surface area contributed by atoms with Crippen LogP contribution in [-0.2, 0) is 9.59 Å². The van der Waals surface area contributed by atoms with Crippen molar-refractivity contribution in [3.8, 4) is 5.75 Å². The fraction of sp³-hybridized carbons (Fsp3) is 0.333. The zero-order valence-corrected chi connectivity index (χ0v) is 15.8. The van der Waals surface area contributed by atoms with Gasteiger partial charge in [0.15, 0.2) is 5.16 Å². The van der Waals surface area contributed by atoms with E-state index in [0.717, 1.165) is 12.2 Å². The van der Waals surface area contributed by atoms with Crippen molar-refractivity contribution < 1.29 is 14.3 Å². The molecule has 0 fully saturated rings. The number of amides is 2. The molecule has 2 heterocycles. The Labute approximate surface area is 160 Å². The lowest BCUT2D eigenvalue weighted by Gasteiger charge is -2.23. The van der Waals surface area contributed by atoms with Gasteiger partial charge in [0, 0.05) is 17.9 Å². The zero-order valence-electron chi connectivity index (χ0n) is 15.0. The number of hydrogen-bond donors (Lipinski definition) is 3. The molecule has 0 saturated heterocycles. The number of methoxy groups -OCH3 is 1. The predicted octanol–water partition coefficient (Wildman–Crippen LogP) is 2.35. The highest BCUT2D eigenvalue weighted by molar-refractivity contribution is 7.99. The minimum atomic E-state index is -0.905. The van der Waals surface area contributed by atoms with Gasteiger partial charge >= 0.3 is 0 Å². The van der Waals surface area contributed by atoms with Crippen molar-refractivity contribution >= 4 is 35.1 Å². The van der Waals surface area contributed by atoms with Gasteiger partial charge in [-0.1, -0.05) is 18.7 Å². The number of aromatic amines is 1. The van der Waals surface area contributed by atoms with Gasteiger partial charge in [0.1, 0.15) is 11.6 Å². The fourth-order valence-corrected chi connectivity index (χ4v) is 3.46. The summed E-state index contributed by atoms with van der Waals surface area (Å²) < 4.78 is 5.08. The van der Waals surface area contributed by atoms with Gasteiger partial charge in [-0.2, -0.15) is 0 Å². The second-order valence-corrected chi connectivity index (χ2v) is 7.09. The summed E-state index contributed by atoms with van der Waals surface area (Å²) in [5.41, 5.74) is 0.322. The van der Waals surface area contributed by atoms with Crippen LogP contribution in [0.2, 0.25) is 0 Å². The maximum absolute atomic E-state index is 12.7. The SMILES string of the molecule is CCCSc1nc2c(c(=O)[nH]1)C(C(=O)Nc1ccc(OC)cc1)CC(=O)N2. The predicted molar refractivity (Wildman–Crippen MR) is 103 cm³/mol.